The molecule has 0 saturated carbocycles. The maximum atomic E-state index is 11.9. The number of carboxylic acids is 1. The molecular weight excluding hydrogens is 352 g/mol. The summed E-state index contributed by atoms with van der Waals surface area (Å²) in [7, 11) is 6.07. The van der Waals surface area contributed by atoms with E-state index in [1.165, 1.54) is 21.3 Å². The van der Waals surface area contributed by atoms with Gasteiger partial charge in [0.05, 0.1) is 34.0 Å². The normalized spacial score (nSPS) is 15.1. The number of rotatable bonds is 6. The van der Waals surface area contributed by atoms with Gasteiger partial charge < -0.3 is 28.8 Å². The van der Waals surface area contributed by atoms with Crippen molar-refractivity contribution in [2.45, 2.75) is 5.92 Å². The molecule has 0 fully saturated rings. The fourth-order valence-electron chi connectivity index (χ4n) is 2.98. The molecule has 1 aliphatic heterocycles. The van der Waals surface area contributed by atoms with Crippen LogP contribution in [-0.2, 0) is 4.79 Å². The highest BCUT2D eigenvalue weighted by molar-refractivity contribution is 5.86. The van der Waals surface area contributed by atoms with Gasteiger partial charge in [-0.1, -0.05) is 0 Å². The molecule has 1 aliphatic rings. The number of hydrogen-bond donors (Lipinski definition) is 1. The Kier molecular flexibility index (Phi) is 5.12. The zero-order valence-corrected chi connectivity index (χ0v) is 15.4. The molecule has 3 rings (SSSR count). The lowest BCUT2D eigenvalue weighted by molar-refractivity contribution is -0.137. The first kappa shape index (κ1) is 18.4. The van der Waals surface area contributed by atoms with Gasteiger partial charge in [-0.25, -0.2) is 0 Å². The van der Waals surface area contributed by atoms with E-state index in [0.717, 1.165) is 0 Å². The number of methoxy groups -OCH3 is 4. The summed E-state index contributed by atoms with van der Waals surface area (Å²) in [6.07, 6.45) is 1.54. The highest BCUT2D eigenvalue weighted by Gasteiger charge is 2.32. The molecule has 1 atom stereocenters. The summed E-state index contributed by atoms with van der Waals surface area (Å²) in [5.41, 5.74) is 1.10. The molecule has 0 aliphatic carbocycles. The molecule has 2 aromatic rings. The van der Waals surface area contributed by atoms with Crippen molar-refractivity contribution in [2.24, 2.45) is 0 Å². The first-order chi connectivity index (χ1) is 13.0. The van der Waals surface area contributed by atoms with Crippen LogP contribution in [0.5, 0.6) is 28.7 Å². The SMILES string of the molecule is COc1cc(OC)c2c(c1)OC(c1ccc(OC)c(OC)c1)=CC2C(=O)O. The summed E-state index contributed by atoms with van der Waals surface area (Å²) in [5, 5.41) is 9.75. The summed E-state index contributed by atoms with van der Waals surface area (Å²) in [5.74, 6) is 0.787. The van der Waals surface area contributed by atoms with Crippen molar-refractivity contribution in [3.05, 3.63) is 47.5 Å². The number of benzene rings is 2. The highest BCUT2D eigenvalue weighted by atomic mass is 16.5. The van der Waals surface area contributed by atoms with Crippen LogP contribution in [0, 0.1) is 0 Å². The van der Waals surface area contributed by atoms with Gasteiger partial charge in [-0.3, -0.25) is 4.79 Å². The molecule has 0 spiro atoms. The summed E-state index contributed by atoms with van der Waals surface area (Å²) in [4.78, 5) is 11.9. The van der Waals surface area contributed by atoms with Gasteiger partial charge in [-0.05, 0) is 24.3 Å². The molecule has 0 bridgehead atoms. The van der Waals surface area contributed by atoms with Gasteiger partial charge in [0.1, 0.15) is 28.9 Å². The van der Waals surface area contributed by atoms with Crippen molar-refractivity contribution in [1.29, 1.82) is 0 Å². The Hall–Kier alpha value is -3.35. The third kappa shape index (κ3) is 3.36. The Labute approximate surface area is 156 Å². The van der Waals surface area contributed by atoms with Crippen LogP contribution in [-0.4, -0.2) is 39.5 Å². The Morgan fingerprint density at radius 2 is 1.63 bits per heavy atom. The topological polar surface area (TPSA) is 83.5 Å². The number of fused-ring (bicyclic) bond motifs is 1. The predicted octanol–water partition coefficient (Wildman–Crippen LogP) is 3.32. The van der Waals surface area contributed by atoms with Crippen LogP contribution in [0.25, 0.3) is 5.76 Å². The standard InChI is InChI=1S/C20H20O7/c1-23-12-8-17(26-4)19-13(20(21)22)10-15(27-18(19)9-12)11-5-6-14(24-2)16(7-11)25-3/h5-10,13H,1-4H3,(H,21,22). The number of hydrogen-bond acceptors (Lipinski definition) is 6. The predicted molar refractivity (Wildman–Crippen MR) is 98.1 cm³/mol. The van der Waals surface area contributed by atoms with Crippen LogP contribution >= 0.6 is 0 Å². The second-order valence-electron chi connectivity index (χ2n) is 5.76. The minimum absolute atomic E-state index is 0.367. The van der Waals surface area contributed by atoms with E-state index in [1.54, 1.807) is 43.5 Å². The molecule has 1 N–H and O–H groups in total. The van der Waals surface area contributed by atoms with Crippen LogP contribution in [0.4, 0.5) is 0 Å². The molecule has 0 amide bonds. The monoisotopic (exact) mass is 372 g/mol. The molecular formula is C20H20O7. The second-order valence-corrected chi connectivity index (χ2v) is 5.76. The first-order valence-corrected chi connectivity index (χ1v) is 8.13. The third-order valence-corrected chi connectivity index (χ3v) is 4.32. The van der Waals surface area contributed by atoms with E-state index >= 15 is 0 Å². The number of carbonyl (C=O) groups is 1. The number of carboxylic acid groups (broad SMARTS) is 1. The molecule has 142 valence electrons. The quantitative estimate of drug-likeness (QED) is 0.833. The minimum Gasteiger partial charge on any atom is -0.496 e. The molecule has 27 heavy (non-hydrogen) atoms. The zero-order valence-electron chi connectivity index (χ0n) is 15.4. The van der Waals surface area contributed by atoms with E-state index in [2.05, 4.69) is 0 Å². The van der Waals surface area contributed by atoms with Crippen molar-refractivity contribution in [3.8, 4) is 28.7 Å². The van der Waals surface area contributed by atoms with E-state index < -0.39 is 11.9 Å². The molecule has 1 heterocycles. The van der Waals surface area contributed by atoms with Gasteiger partial charge in [0.15, 0.2) is 11.5 Å². The van der Waals surface area contributed by atoms with E-state index in [0.29, 0.717) is 45.6 Å². The van der Waals surface area contributed by atoms with Crippen LogP contribution in [0.1, 0.15) is 17.0 Å². The zero-order chi connectivity index (χ0) is 19.6. The summed E-state index contributed by atoms with van der Waals surface area (Å²) in [6.45, 7) is 0. The van der Waals surface area contributed by atoms with Crippen LogP contribution in [0.15, 0.2) is 36.4 Å². The molecule has 0 radical (unpaired) electrons. The number of aliphatic carboxylic acids is 1. The van der Waals surface area contributed by atoms with Crippen molar-refractivity contribution >= 4 is 11.7 Å². The van der Waals surface area contributed by atoms with Gasteiger partial charge >= 0.3 is 5.97 Å². The third-order valence-electron chi connectivity index (χ3n) is 4.32. The van der Waals surface area contributed by atoms with Crippen molar-refractivity contribution < 1.29 is 33.6 Å². The maximum absolute atomic E-state index is 11.9. The van der Waals surface area contributed by atoms with Gasteiger partial charge in [0, 0.05) is 17.7 Å². The Bertz CT molecular complexity index is 901. The lowest BCUT2D eigenvalue weighted by atomic mass is 9.92. The van der Waals surface area contributed by atoms with Crippen molar-refractivity contribution in [1.82, 2.24) is 0 Å². The molecule has 0 aromatic heterocycles. The lowest BCUT2D eigenvalue weighted by Crippen LogP contribution is -2.17. The van der Waals surface area contributed by atoms with Crippen molar-refractivity contribution in [2.75, 3.05) is 28.4 Å². The number of ether oxygens (including phenoxy) is 5. The largest absolute Gasteiger partial charge is 0.496 e. The minimum atomic E-state index is -1.01. The van der Waals surface area contributed by atoms with E-state index in [4.69, 9.17) is 23.7 Å². The fraction of sp³-hybridized carbons (Fsp3) is 0.250. The molecule has 1 unspecified atom stereocenters. The fourth-order valence-corrected chi connectivity index (χ4v) is 2.98. The molecule has 2 aromatic carbocycles. The lowest BCUT2D eigenvalue weighted by Gasteiger charge is -2.25. The van der Waals surface area contributed by atoms with Gasteiger partial charge in [0.2, 0.25) is 0 Å². The highest BCUT2D eigenvalue weighted by Crippen LogP contribution is 2.45. The van der Waals surface area contributed by atoms with Crippen LogP contribution < -0.4 is 23.7 Å². The van der Waals surface area contributed by atoms with Crippen LogP contribution in [0.2, 0.25) is 0 Å². The maximum Gasteiger partial charge on any atom is 0.315 e. The molecule has 0 saturated heterocycles. The summed E-state index contributed by atoms with van der Waals surface area (Å²) in [6, 6.07) is 8.51. The first-order valence-electron chi connectivity index (χ1n) is 8.13. The summed E-state index contributed by atoms with van der Waals surface area (Å²) < 4.78 is 27.2. The van der Waals surface area contributed by atoms with E-state index in [-0.39, 0.29) is 0 Å². The smallest absolute Gasteiger partial charge is 0.315 e. The summed E-state index contributed by atoms with van der Waals surface area (Å²) >= 11 is 0. The van der Waals surface area contributed by atoms with E-state index in [1.807, 2.05) is 0 Å². The van der Waals surface area contributed by atoms with Gasteiger partial charge in [0.25, 0.3) is 0 Å². The average Bonchev–Trinajstić information content (AvgIpc) is 2.71. The van der Waals surface area contributed by atoms with E-state index in [9.17, 15) is 9.90 Å². The second kappa shape index (κ2) is 7.49. The Morgan fingerprint density at radius 1 is 0.926 bits per heavy atom. The van der Waals surface area contributed by atoms with Gasteiger partial charge in [-0.15, -0.1) is 0 Å². The average molecular weight is 372 g/mol. The van der Waals surface area contributed by atoms with Crippen molar-refractivity contribution in [3.63, 3.8) is 0 Å². The Morgan fingerprint density at radius 3 is 2.22 bits per heavy atom. The van der Waals surface area contributed by atoms with Crippen LogP contribution in [0.3, 0.4) is 0 Å². The Balaban J connectivity index is 2.13. The molecule has 7 nitrogen and oxygen atoms in total. The van der Waals surface area contributed by atoms with Gasteiger partial charge in [-0.2, -0.15) is 0 Å². The molecule has 7 heteroatoms.